The Balaban J connectivity index is 2.20. The summed E-state index contributed by atoms with van der Waals surface area (Å²) in [5.74, 6) is 1.85. The van der Waals surface area contributed by atoms with Crippen LogP contribution in [0.2, 0.25) is 0 Å². The number of hydrogen-bond acceptors (Lipinski definition) is 3. The van der Waals surface area contributed by atoms with Crippen LogP contribution in [-0.4, -0.2) is 18.1 Å². The minimum Gasteiger partial charge on any atom is -0.446 e. The maximum Gasteiger partial charge on any atom is 0.194 e. The number of oxazole rings is 1. The molecule has 0 saturated heterocycles. The summed E-state index contributed by atoms with van der Waals surface area (Å²) in [4.78, 5) is 4.19. The Labute approximate surface area is 79.5 Å². The number of nitrogens with zero attached hydrogens (tertiary/aromatic N) is 1. The highest BCUT2D eigenvalue weighted by Gasteiger charge is 2.00. The fourth-order valence-electron chi connectivity index (χ4n) is 1.17. The third-order valence-corrected chi connectivity index (χ3v) is 1.94. The van der Waals surface area contributed by atoms with Gasteiger partial charge in [-0.1, -0.05) is 13.8 Å². The highest BCUT2D eigenvalue weighted by atomic mass is 16.4. The summed E-state index contributed by atoms with van der Waals surface area (Å²) in [5, 5.41) is 3.27. The molecule has 0 bridgehead atoms. The van der Waals surface area contributed by atoms with Crippen LogP contribution in [0.1, 0.15) is 31.9 Å². The average Bonchev–Trinajstić information content (AvgIpc) is 2.60. The number of nitrogens with one attached hydrogen (secondary N) is 1. The van der Waals surface area contributed by atoms with Crippen LogP contribution >= 0.6 is 0 Å². The zero-order valence-corrected chi connectivity index (χ0v) is 8.47. The van der Waals surface area contributed by atoms with Crippen LogP contribution in [0.3, 0.4) is 0 Å². The van der Waals surface area contributed by atoms with Crippen molar-refractivity contribution in [3.63, 3.8) is 0 Å². The number of aromatic nitrogens is 1. The van der Waals surface area contributed by atoms with Gasteiger partial charge in [-0.25, -0.2) is 4.98 Å². The lowest BCUT2D eigenvalue weighted by Crippen LogP contribution is -2.14. The van der Waals surface area contributed by atoms with Crippen LogP contribution < -0.4 is 5.32 Å². The second-order valence-electron chi connectivity index (χ2n) is 3.03. The summed E-state index contributed by atoms with van der Waals surface area (Å²) in [6.45, 7) is 6.26. The maximum absolute atomic E-state index is 5.47. The predicted molar refractivity (Wildman–Crippen MR) is 52.7 cm³/mol. The molecule has 0 atom stereocenters. The largest absolute Gasteiger partial charge is 0.446 e. The van der Waals surface area contributed by atoms with Gasteiger partial charge in [0.25, 0.3) is 0 Å². The molecule has 0 aromatic carbocycles. The van der Waals surface area contributed by atoms with E-state index in [4.69, 9.17) is 4.42 Å². The van der Waals surface area contributed by atoms with Crippen molar-refractivity contribution >= 4 is 0 Å². The number of aryl methyl sites for hydroxylation is 2. The summed E-state index contributed by atoms with van der Waals surface area (Å²) in [5.41, 5.74) is 0. The lowest BCUT2D eigenvalue weighted by atomic mass is 10.3. The fourth-order valence-corrected chi connectivity index (χ4v) is 1.17. The van der Waals surface area contributed by atoms with Crippen molar-refractivity contribution in [2.24, 2.45) is 0 Å². The predicted octanol–water partition coefficient (Wildman–Crippen LogP) is 1.78. The molecule has 0 radical (unpaired) electrons. The highest BCUT2D eigenvalue weighted by Crippen LogP contribution is 2.05. The van der Waals surface area contributed by atoms with E-state index in [1.165, 1.54) is 0 Å². The molecule has 74 valence electrons. The topological polar surface area (TPSA) is 38.1 Å². The summed E-state index contributed by atoms with van der Waals surface area (Å²) in [7, 11) is 0. The molecule has 1 aromatic rings. The van der Waals surface area contributed by atoms with E-state index in [0.29, 0.717) is 0 Å². The van der Waals surface area contributed by atoms with Gasteiger partial charge in [0.2, 0.25) is 0 Å². The molecule has 0 unspecified atom stereocenters. The second kappa shape index (κ2) is 5.75. The van der Waals surface area contributed by atoms with E-state index >= 15 is 0 Å². The minimum absolute atomic E-state index is 0.870. The molecule has 0 spiro atoms. The normalized spacial score (nSPS) is 10.6. The fraction of sp³-hybridized carbons (Fsp3) is 0.700. The molecule has 3 heteroatoms. The Kier molecular flexibility index (Phi) is 4.54. The van der Waals surface area contributed by atoms with Gasteiger partial charge in [-0.05, 0) is 19.5 Å². The molecule has 1 N–H and O–H groups in total. The Morgan fingerprint density at radius 2 is 2.31 bits per heavy atom. The second-order valence-corrected chi connectivity index (χ2v) is 3.03. The van der Waals surface area contributed by atoms with Crippen molar-refractivity contribution < 1.29 is 4.42 Å². The molecule has 0 aliphatic heterocycles. The zero-order valence-electron chi connectivity index (χ0n) is 8.47. The van der Waals surface area contributed by atoms with Crippen molar-refractivity contribution in [2.75, 3.05) is 13.1 Å². The lowest BCUT2D eigenvalue weighted by Gasteiger charge is -1.97. The van der Waals surface area contributed by atoms with E-state index < -0.39 is 0 Å². The quantitative estimate of drug-likeness (QED) is 0.681. The molecule has 0 aliphatic rings. The Bertz CT molecular complexity index is 233. The van der Waals surface area contributed by atoms with Crippen molar-refractivity contribution in [2.45, 2.75) is 33.1 Å². The van der Waals surface area contributed by atoms with Gasteiger partial charge in [0, 0.05) is 12.8 Å². The number of hydrogen-bond donors (Lipinski definition) is 1. The monoisotopic (exact) mass is 182 g/mol. The van der Waals surface area contributed by atoms with Crippen molar-refractivity contribution in [3.8, 4) is 0 Å². The van der Waals surface area contributed by atoms with Crippen LogP contribution in [0, 0.1) is 0 Å². The summed E-state index contributed by atoms with van der Waals surface area (Å²) in [6, 6.07) is 0. The highest BCUT2D eigenvalue weighted by molar-refractivity contribution is 4.93. The first-order valence-corrected chi connectivity index (χ1v) is 5.01. The van der Waals surface area contributed by atoms with E-state index in [-0.39, 0.29) is 0 Å². The third-order valence-electron chi connectivity index (χ3n) is 1.94. The van der Waals surface area contributed by atoms with Gasteiger partial charge in [0.1, 0.15) is 5.76 Å². The average molecular weight is 182 g/mol. The SMILES string of the molecule is CCNCCCc1ncc(CC)o1. The molecule has 3 nitrogen and oxygen atoms in total. The summed E-state index contributed by atoms with van der Waals surface area (Å²) >= 11 is 0. The van der Waals surface area contributed by atoms with Crippen LogP contribution in [0.15, 0.2) is 10.6 Å². The molecule has 1 heterocycles. The van der Waals surface area contributed by atoms with Crippen molar-refractivity contribution in [1.29, 1.82) is 0 Å². The lowest BCUT2D eigenvalue weighted by molar-refractivity contribution is 0.450. The van der Waals surface area contributed by atoms with Gasteiger partial charge in [-0.2, -0.15) is 0 Å². The zero-order chi connectivity index (χ0) is 9.52. The maximum atomic E-state index is 5.47. The first-order chi connectivity index (χ1) is 6.36. The molecule has 1 rings (SSSR count). The smallest absolute Gasteiger partial charge is 0.194 e. The van der Waals surface area contributed by atoms with Gasteiger partial charge in [-0.3, -0.25) is 0 Å². The Morgan fingerprint density at radius 3 is 2.92 bits per heavy atom. The van der Waals surface area contributed by atoms with Crippen molar-refractivity contribution in [1.82, 2.24) is 10.3 Å². The van der Waals surface area contributed by atoms with Crippen molar-refractivity contribution in [3.05, 3.63) is 17.8 Å². The van der Waals surface area contributed by atoms with Crippen LogP contribution in [0.4, 0.5) is 0 Å². The number of rotatable bonds is 6. The molecule has 0 fully saturated rings. The van der Waals surface area contributed by atoms with Gasteiger partial charge >= 0.3 is 0 Å². The van der Waals surface area contributed by atoms with E-state index in [1.807, 2.05) is 6.20 Å². The Morgan fingerprint density at radius 1 is 1.46 bits per heavy atom. The van der Waals surface area contributed by atoms with Gasteiger partial charge in [0.15, 0.2) is 5.89 Å². The van der Waals surface area contributed by atoms with Gasteiger partial charge in [-0.15, -0.1) is 0 Å². The third kappa shape index (κ3) is 3.59. The van der Waals surface area contributed by atoms with E-state index in [2.05, 4.69) is 24.1 Å². The molecular formula is C10H18N2O. The van der Waals surface area contributed by atoms with Crippen LogP contribution in [0.5, 0.6) is 0 Å². The van der Waals surface area contributed by atoms with Crippen LogP contribution in [-0.2, 0) is 12.8 Å². The van der Waals surface area contributed by atoms with Gasteiger partial charge in [0.05, 0.1) is 6.20 Å². The minimum atomic E-state index is 0.870. The molecule has 1 aromatic heterocycles. The van der Waals surface area contributed by atoms with E-state index in [0.717, 1.165) is 44.0 Å². The first-order valence-electron chi connectivity index (χ1n) is 5.01. The van der Waals surface area contributed by atoms with E-state index in [9.17, 15) is 0 Å². The molecule has 0 amide bonds. The molecule has 0 aliphatic carbocycles. The molecule has 0 saturated carbocycles. The first kappa shape index (κ1) is 10.3. The van der Waals surface area contributed by atoms with Crippen LogP contribution in [0.25, 0.3) is 0 Å². The molecule has 13 heavy (non-hydrogen) atoms. The summed E-state index contributed by atoms with van der Waals surface area (Å²) < 4.78 is 5.47. The van der Waals surface area contributed by atoms with Gasteiger partial charge < -0.3 is 9.73 Å². The Hall–Kier alpha value is -0.830. The van der Waals surface area contributed by atoms with E-state index in [1.54, 1.807) is 0 Å². The summed E-state index contributed by atoms with van der Waals surface area (Å²) in [6.07, 6.45) is 4.79. The molecular weight excluding hydrogens is 164 g/mol. The standard InChI is InChI=1S/C10H18N2O/c1-3-9-8-12-10(13-9)6-5-7-11-4-2/h8,11H,3-7H2,1-2H3.